The summed E-state index contributed by atoms with van der Waals surface area (Å²) in [5, 5.41) is 0. The lowest BCUT2D eigenvalue weighted by Crippen LogP contribution is -1.92. The predicted molar refractivity (Wildman–Crippen MR) is 39.4 cm³/mol. The topological polar surface area (TPSA) is 38.6 Å². The molecule has 1 aromatic rings. The fourth-order valence-corrected chi connectivity index (χ4v) is 1.01. The zero-order valence-corrected chi connectivity index (χ0v) is 6.76. The second kappa shape index (κ2) is 2.34. The van der Waals surface area contributed by atoms with Crippen molar-refractivity contribution in [2.75, 3.05) is 6.61 Å². The molecule has 11 heavy (non-hydrogen) atoms. The Kier molecular flexibility index (Phi) is 1.46. The normalized spacial score (nSPS) is 22.2. The van der Waals surface area contributed by atoms with E-state index in [1.165, 1.54) is 0 Å². The number of nitrogens with zero attached hydrogens (tertiary/aromatic N) is 1. The van der Waals surface area contributed by atoms with Crippen LogP contribution in [0.3, 0.4) is 0 Å². The molecular formula is C8H11NO2. The van der Waals surface area contributed by atoms with Crippen molar-refractivity contribution in [2.45, 2.75) is 26.4 Å². The zero-order valence-electron chi connectivity index (χ0n) is 6.76. The van der Waals surface area contributed by atoms with Gasteiger partial charge in [-0.25, -0.2) is 4.98 Å². The van der Waals surface area contributed by atoms with E-state index in [1.54, 1.807) is 0 Å². The first kappa shape index (κ1) is 6.85. The number of rotatable bonds is 2. The number of ether oxygens (including phenoxy) is 1. The Morgan fingerprint density at radius 2 is 2.27 bits per heavy atom. The van der Waals surface area contributed by atoms with Crippen LogP contribution in [0.25, 0.3) is 0 Å². The minimum Gasteiger partial charge on any atom is -0.446 e. The number of aryl methyl sites for hydroxylation is 2. The Morgan fingerprint density at radius 3 is 2.73 bits per heavy atom. The van der Waals surface area contributed by atoms with E-state index in [2.05, 4.69) is 4.98 Å². The van der Waals surface area contributed by atoms with Crippen molar-refractivity contribution < 1.29 is 9.15 Å². The van der Waals surface area contributed by atoms with Gasteiger partial charge in [0, 0.05) is 0 Å². The SMILES string of the molecule is Cc1nc(CC2CO2)oc1C. The van der Waals surface area contributed by atoms with Gasteiger partial charge in [0.05, 0.1) is 24.8 Å². The van der Waals surface area contributed by atoms with Gasteiger partial charge in [0.15, 0.2) is 5.89 Å². The summed E-state index contributed by atoms with van der Waals surface area (Å²) in [4.78, 5) is 4.24. The molecule has 0 aliphatic carbocycles. The number of aromatic nitrogens is 1. The summed E-state index contributed by atoms with van der Waals surface area (Å²) in [5.74, 6) is 1.73. The largest absolute Gasteiger partial charge is 0.446 e. The Hall–Kier alpha value is -0.830. The standard InChI is InChI=1S/C8H11NO2/c1-5-6(2)11-8(9-5)3-7-4-10-7/h7H,3-4H2,1-2H3. The molecule has 0 N–H and O–H groups in total. The van der Waals surface area contributed by atoms with Gasteiger partial charge in [-0.1, -0.05) is 0 Å². The molecule has 0 aromatic carbocycles. The van der Waals surface area contributed by atoms with E-state index >= 15 is 0 Å². The quantitative estimate of drug-likeness (QED) is 0.600. The van der Waals surface area contributed by atoms with Gasteiger partial charge >= 0.3 is 0 Å². The van der Waals surface area contributed by atoms with Crippen LogP contribution in [0.5, 0.6) is 0 Å². The summed E-state index contributed by atoms with van der Waals surface area (Å²) in [7, 11) is 0. The van der Waals surface area contributed by atoms with E-state index in [4.69, 9.17) is 9.15 Å². The second-order valence-electron chi connectivity index (χ2n) is 2.91. The summed E-state index contributed by atoms with van der Waals surface area (Å²) in [5.41, 5.74) is 0.987. The molecule has 1 aromatic heterocycles. The van der Waals surface area contributed by atoms with Gasteiger partial charge in [-0.15, -0.1) is 0 Å². The lowest BCUT2D eigenvalue weighted by Gasteiger charge is -1.85. The zero-order chi connectivity index (χ0) is 7.84. The molecule has 0 radical (unpaired) electrons. The first-order valence-electron chi connectivity index (χ1n) is 3.80. The first-order valence-corrected chi connectivity index (χ1v) is 3.80. The first-order chi connectivity index (χ1) is 5.25. The van der Waals surface area contributed by atoms with Crippen LogP contribution >= 0.6 is 0 Å². The molecule has 0 bridgehead atoms. The van der Waals surface area contributed by atoms with E-state index in [0.717, 1.165) is 30.4 Å². The highest BCUT2D eigenvalue weighted by atomic mass is 16.6. The van der Waals surface area contributed by atoms with Crippen molar-refractivity contribution in [2.24, 2.45) is 0 Å². The van der Waals surface area contributed by atoms with Gasteiger partial charge in [-0.05, 0) is 13.8 Å². The molecule has 1 aliphatic heterocycles. The van der Waals surface area contributed by atoms with Crippen LogP contribution in [-0.4, -0.2) is 17.7 Å². The summed E-state index contributed by atoms with van der Waals surface area (Å²) in [6.45, 7) is 4.75. The lowest BCUT2D eigenvalue weighted by atomic mass is 10.3. The molecule has 0 saturated carbocycles. The Morgan fingerprint density at radius 1 is 1.55 bits per heavy atom. The van der Waals surface area contributed by atoms with Crippen LogP contribution in [-0.2, 0) is 11.2 Å². The molecule has 1 atom stereocenters. The summed E-state index contributed by atoms with van der Waals surface area (Å²) in [6, 6.07) is 0. The highest BCUT2D eigenvalue weighted by Gasteiger charge is 2.25. The third-order valence-electron chi connectivity index (χ3n) is 1.88. The molecule has 2 heterocycles. The van der Waals surface area contributed by atoms with Crippen LogP contribution in [0.1, 0.15) is 17.3 Å². The van der Waals surface area contributed by atoms with Crippen LogP contribution in [0.2, 0.25) is 0 Å². The summed E-state index contributed by atoms with van der Waals surface area (Å²) in [6.07, 6.45) is 1.20. The Bertz CT molecular complexity index is 244. The maximum Gasteiger partial charge on any atom is 0.197 e. The molecule has 3 nitrogen and oxygen atoms in total. The average Bonchev–Trinajstić information content (AvgIpc) is 2.65. The van der Waals surface area contributed by atoms with Gasteiger partial charge in [-0.3, -0.25) is 0 Å². The van der Waals surface area contributed by atoms with Crippen molar-refractivity contribution in [3.05, 3.63) is 17.3 Å². The number of hydrogen-bond donors (Lipinski definition) is 0. The summed E-state index contributed by atoms with van der Waals surface area (Å²) < 4.78 is 10.4. The van der Waals surface area contributed by atoms with Crippen molar-refractivity contribution in [1.29, 1.82) is 0 Å². The van der Waals surface area contributed by atoms with E-state index in [0.29, 0.717) is 6.10 Å². The molecule has 1 fully saturated rings. The highest BCUT2D eigenvalue weighted by molar-refractivity contribution is 5.06. The summed E-state index contributed by atoms with van der Waals surface area (Å²) >= 11 is 0. The fraction of sp³-hybridized carbons (Fsp3) is 0.625. The molecule has 0 amide bonds. The number of hydrogen-bond acceptors (Lipinski definition) is 3. The van der Waals surface area contributed by atoms with Crippen LogP contribution < -0.4 is 0 Å². The molecular weight excluding hydrogens is 142 g/mol. The molecule has 60 valence electrons. The predicted octanol–water partition coefficient (Wildman–Crippen LogP) is 1.23. The Balaban J connectivity index is 2.11. The molecule has 1 unspecified atom stereocenters. The third kappa shape index (κ3) is 1.43. The molecule has 3 heteroatoms. The monoisotopic (exact) mass is 153 g/mol. The van der Waals surface area contributed by atoms with E-state index in [-0.39, 0.29) is 0 Å². The molecule has 0 spiro atoms. The number of oxazole rings is 1. The minimum absolute atomic E-state index is 0.368. The highest BCUT2D eigenvalue weighted by Crippen LogP contribution is 2.17. The van der Waals surface area contributed by atoms with E-state index in [1.807, 2.05) is 13.8 Å². The lowest BCUT2D eigenvalue weighted by molar-refractivity contribution is 0.380. The maximum atomic E-state index is 5.37. The van der Waals surface area contributed by atoms with Crippen molar-refractivity contribution in [1.82, 2.24) is 4.98 Å². The number of epoxide rings is 1. The fourth-order valence-electron chi connectivity index (χ4n) is 1.01. The van der Waals surface area contributed by atoms with E-state index < -0.39 is 0 Å². The van der Waals surface area contributed by atoms with Gasteiger partial charge in [0.2, 0.25) is 0 Å². The van der Waals surface area contributed by atoms with Crippen LogP contribution in [0.4, 0.5) is 0 Å². The Labute approximate surface area is 65.4 Å². The maximum absolute atomic E-state index is 5.37. The molecule has 1 aliphatic rings. The van der Waals surface area contributed by atoms with Crippen molar-refractivity contribution in [3.63, 3.8) is 0 Å². The van der Waals surface area contributed by atoms with Crippen LogP contribution in [0.15, 0.2) is 4.42 Å². The smallest absolute Gasteiger partial charge is 0.197 e. The van der Waals surface area contributed by atoms with Crippen molar-refractivity contribution in [3.8, 4) is 0 Å². The van der Waals surface area contributed by atoms with E-state index in [9.17, 15) is 0 Å². The third-order valence-corrected chi connectivity index (χ3v) is 1.88. The minimum atomic E-state index is 0.368. The average molecular weight is 153 g/mol. The second-order valence-corrected chi connectivity index (χ2v) is 2.91. The van der Waals surface area contributed by atoms with Crippen LogP contribution in [0, 0.1) is 13.8 Å². The van der Waals surface area contributed by atoms with Gasteiger partial charge in [0.25, 0.3) is 0 Å². The molecule has 2 rings (SSSR count). The molecule has 1 saturated heterocycles. The van der Waals surface area contributed by atoms with Gasteiger partial charge in [0.1, 0.15) is 5.76 Å². The van der Waals surface area contributed by atoms with Gasteiger partial charge in [-0.2, -0.15) is 0 Å². The van der Waals surface area contributed by atoms with Crippen molar-refractivity contribution >= 4 is 0 Å². The van der Waals surface area contributed by atoms with Gasteiger partial charge < -0.3 is 9.15 Å².